The highest BCUT2D eigenvalue weighted by atomic mass is 31.1. The number of aryl methyl sites for hydroxylation is 2. The Balaban J connectivity index is 0. The summed E-state index contributed by atoms with van der Waals surface area (Å²) in [5.74, 6) is 0. The van der Waals surface area contributed by atoms with Crippen LogP contribution in [0.2, 0.25) is 0 Å². The molecular weight excluding hydrogens is 299 g/mol. The van der Waals surface area contributed by atoms with Crippen molar-refractivity contribution >= 4 is 21.3 Å². The maximum absolute atomic E-state index is 10.2. The minimum absolute atomic E-state index is 0.681. The zero-order chi connectivity index (χ0) is 17.1. The van der Waals surface area contributed by atoms with E-state index in [9.17, 15) is 9.59 Å². The molecular formula is C17H29O4P. The normalized spacial score (nSPS) is 9.41. The third-order valence-corrected chi connectivity index (χ3v) is 2.81. The lowest BCUT2D eigenvalue weighted by atomic mass is 9.99. The molecule has 1 aromatic rings. The molecule has 0 aliphatic carbocycles. The monoisotopic (exact) mass is 328 g/mol. The van der Waals surface area contributed by atoms with Crippen molar-refractivity contribution in [1.29, 1.82) is 0 Å². The van der Waals surface area contributed by atoms with Crippen molar-refractivity contribution in [3.05, 3.63) is 35.4 Å². The first-order chi connectivity index (χ1) is 10.7. The molecule has 0 spiro atoms. The molecule has 5 heteroatoms. The number of unbranched alkanes of at least 4 members (excludes halogenated alkanes) is 2. The third kappa shape index (κ3) is 15.1. The molecule has 126 valence electrons. The van der Waals surface area contributed by atoms with E-state index in [1.165, 1.54) is 17.5 Å². The van der Waals surface area contributed by atoms with Gasteiger partial charge in [0.15, 0.2) is 8.69 Å². The molecule has 0 saturated carbocycles. The molecule has 0 aliphatic heterocycles. The van der Waals surface area contributed by atoms with E-state index in [0.717, 1.165) is 38.3 Å². The van der Waals surface area contributed by atoms with E-state index in [1.807, 2.05) is 6.92 Å². The fourth-order valence-electron chi connectivity index (χ4n) is 1.81. The van der Waals surface area contributed by atoms with Gasteiger partial charge in [-0.1, -0.05) is 44.5 Å². The maximum Gasteiger partial charge on any atom is 0.177 e. The van der Waals surface area contributed by atoms with Crippen molar-refractivity contribution in [1.82, 2.24) is 0 Å². The van der Waals surface area contributed by atoms with Gasteiger partial charge in [-0.05, 0) is 36.8 Å². The minimum atomic E-state index is -1.50. The average Bonchev–Trinajstić information content (AvgIpc) is 2.52. The Bertz CT molecular complexity index is 394. The van der Waals surface area contributed by atoms with Gasteiger partial charge in [0.25, 0.3) is 0 Å². The van der Waals surface area contributed by atoms with Gasteiger partial charge in [0.1, 0.15) is 12.6 Å². The SMILES string of the molecule is CCCC=O.CCCc1ccccc1CCCC=O.O=[PH2]O. The van der Waals surface area contributed by atoms with E-state index in [0.29, 0.717) is 12.8 Å². The van der Waals surface area contributed by atoms with Gasteiger partial charge in [0.05, 0.1) is 0 Å². The van der Waals surface area contributed by atoms with E-state index in [1.54, 1.807) is 0 Å². The van der Waals surface area contributed by atoms with Crippen LogP contribution in [0.25, 0.3) is 0 Å². The van der Waals surface area contributed by atoms with Crippen LogP contribution in [-0.2, 0) is 27.0 Å². The number of carbonyl (C=O) groups excluding carboxylic acids is 2. The first-order valence-corrected chi connectivity index (χ1v) is 8.72. The predicted molar refractivity (Wildman–Crippen MR) is 93.0 cm³/mol. The molecule has 1 N–H and O–H groups in total. The largest absolute Gasteiger partial charge is 0.348 e. The average molecular weight is 328 g/mol. The third-order valence-electron chi connectivity index (χ3n) is 2.81. The van der Waals surface area contributed by atoms with Crippen LogP contribution in [0.4, 0.5) is 0 Å². The fourth-order valence-corrected chi connectivity index (χ4v) is 1.81. The van der Waals surface area contributed by atoms with Crippen molar-refractivity contribution in [2.75, 3.05) is 0 Å². The van der Waals surface area contributed by atoms with Crippen LogP contribution >= 0.6 is 8.69 Å². The number of hydrogen-bond donors (Lipinski definition) is 1. The molecule has 1 unspecified atom stereocenters. The van der Waals surface area contributed by atoms with E-state index < -0.39 is 8.69 Å². The lowest BCUT2D eigenvalue weighted by molar-refractivity contribution is -0.108. The second kappa shape index (κ2) is 19.8. The number of rotatable bonds is 8. The second-order valence-electron chi connectivity index (χ2n) is 4.64. The standard InChI is InChI=1S/C13H18O.C4H8O.H3O2P/c1-2-7-12-8-3-4-9-13(12)10-5-6-11-14;1-2-3-4-5;1-3-2/h3-4,8-9,11H,2,5-7,10H2,1H3;4H,2-3H2,1H3;3H2,(H,1,2). The molecule has 1 rings (SSSR count). The van der Waals surface area contributed by atoms with Gasteiger partial charge >= 0.3 is 0 Å². The number of aldehydes is 2. The van der Waals surface area contributed by atoms with E-state index in [4.69, 9.17) is 9.46 Å². The Morgan fingerprint density at radius 2 is 1.45 bits per heavy atom. The molecule has 0 aromatic heterocycles. The van der Waals surface area contributed by atoms with Crippen LogP contribution in [0.15, 0.2) is 24.3 Å². The Kier molecular flexibility index (Phi) is 20.7. The fraction of sp³-hybridized carbons (Fsp3) is 0.529. The summed E-state index contributed by atoms with van der Waals surface area (Å²) in [5.41, 5.74) is 2.86. The van der Waals surface area contributed by atoms with Crippen molar-refractivity contribution in [3.63, 3.8) is 0 Å². The summed E-state index contributed by atoms with van der Waals surface area (Å²) in [6.45, 7) is 4.18. The van der Waals surface area contributed by atoms with E-state index in [2.05, 4.69) is 31.2 Å². The molecule has 0 fully saturated rings. The first kappa shape index (κ1) is 23.0. The first-order valence-electron chi connectivity index (χ1n) is 7.73. The number of carbonyl (C=O) groups is 2. The quantitative estimate of drug-likeness (QED) is 0.448. The topological polar surface area (TPSA) is 71.4 Å². The molecule has 4 nitrogen and oxygen atoms in total. The summed E-state index contributed by atoms with van der Waals surface area (Å²) in [6, 6.07) is 8.54. The van der Waals surface area contributed by atoms with Crippen molar-refractivity contribution in [2.45, 2.75) is 58.8 Å². The van der Waals surface area contributed by atoms with Crippen LogP contribution in [-0.4, -0.2) is 17.5 Å². The van der Waals surface area contributed by atoms with Crippen molar-refractivity contribution in [2.24, 2.45) is 0 Å². The molecule has 0 radical (unpaired) electrons. The molecule has 1 aromatic carbocycles. The van der Waals surface area contributed by atoms with Gasteiger partial charge in [-0.15, -0.1) is 0 Å². The highest BCUT2D eigenvalue weighted by Crippen LogP contribution is 2.13. The van der Waals surface area contributed by atoms with Crippen LogP contribution in [0.5, 0.6) is 0 Å². The predicted octanol–water partition coefficient (Wildman–Crippen LogP) is 3.80. The Morgan fingerprint density at radius 3 is 1.82 bits per heavy atom. The van der Waals surface area contributed by atoms with Gasteiger partial charge in [-0.2, -0.15) is 0 Å². The molecule has 0 aliphatic rings. The van der Waals surface area contributed by atoms with Crippen LogP contribution in [0.1, 0.15) is 57.1 Å². The highest BCUT2D eigenvalue weighted by molar-refractivity contribution is 7.16. The summed E-state index contributed by atoms with van der Waals surface area (Å²) in [5, 5.41) is 0. The molecule has 0 heterocycles. The lowest BCUT2D eigenvalue weighted by Crippen LogP contribution is -1.94. The van der Waals surface area contributed by atoms with Gasteiger partial charge < -0.3 is 14.5 Å². The number of hydrogen-bond acceptors (Lipinski definition) is 3. The van der Waals surface area contributed by atoms with E-state index in [-0.39, 0.29) is 0 Å². The van der Waals surface area contributed by atoms with Crippen LogP contribution in [0.3, 0.4) is 0 Å². The van der Waals surface area contributed by atoms with Crippen molar-refractivity contribution in [3.8, 4) is 0 Å². The van der Waals surface area contributed by atoms with E-state index >= 15 is 0 Å². The smallest absolute Gasteiger partial charge is 0.177 e. The molecule has 22 heavy (non-hydrogen) atoms. The summed E-state index contributed by atoms with van der Waals surface area (Å²) in [4.78, 5) is 26.7. The lowest BCUT2D eigenvalue weighted by Gasteiger charge is -2.07. The molecule has 0 saturated heterocycles. The van der Waals surface area contributed by atoms with Gasteiger partial charge in [-0.3, -0.25) is 4.57 Å². The summed E-state index contributed by atoms with van der Waals surface area (Å²) < 4.78 is 8.57. The minimum Gasteiger partial charge on any atom is -0.348 e. The van der Waals surface area contributed by atoms with Gasteiger partial charge in [-0.25, -0.2) is 0 Å². The highest BCUT2D eigenvalue weighted by Gasteiger charge is 1.99. The zero-order valence-corrected chi connectivity index (χ0v) is 14.8. The maximum atomic E-state index is 10.2. The van der Waals surface area contributed by atoms with Crippen LogP contribution in [0, 0.1) is 0 Å². The van der Waals surface area contributed by atoms with Crippen LogP contribution < -0.4 is 0 Å². The van der Waals surface area contributed by atoms with Gasteiger partial charge in [0.2, 0.25) is 0 Å². The summed E-state index contributed by atoms with van der Waals surface area (Å²) >= 11 is 0. The Morgan fingerprint density at radius 1 is 0.955 bits per heavy atom. The Labute approximate surface area is 135 Å². The molecule has 0 bridgehead atoms. The zero-order valence-electron chi connectivity index (χ0n) is 13.7. The van der Waals surface area contributed by atoms with Gasteiger partial charge in [0, 0.05) is 12.8 Å². The van der Waals surface area contributed by atoms with Crippen molar-refractivity contribution < 1.29 is 19.0 Å². The summed E-state index contributed by atoms with van der Waals surface area (Å²) in [6.07, 6.45) is 8.65. The summed E-state index contributed by atoms with van der Waals surface area (Å²) in [7, 11) is -1.50. The molecule has 1 atom stereocenters. The molecule has 0 amide bonds. The second-order valence-corrected chi connectivity index (χ2v) is 4.85. The Hall–Kier alpha value is -1.25. The number of benzene rings is 1.